The van der Waals surface area contributed by atoms with Crippen molar-refractivity contribution in [2.24, 2.45) is 5.92 Å². The van der Waals surface area contributed by atoms with Crippen LogP contribution in [-0.4, -0.2) is 84.1 Å². The number of nitrogens with zero attached hydrogens (tertiary/aromatic N) is 5. The Bertz CT molecular complexity index is 706. The average Bonchev–Trinajstić information content (AvgIpc) is 2.77. The first-order chi connectivity index (χ1) is 14.5. The molecular formula is C23H37N5O2. The van der Waals surface area contributed by atoms with Crippen molar-refractivity contribution in [3.05, 3.63) is 23.9 Å². The van der Waals surface area contributed by atoms with Crippen molar-refractivity contribution in [2.75, 3.05) is 57.4 Å². The van der Waals surface area contributed by atoms with Gasteiger partial charge in [0.2, 0.25) is 0 Å². The summed E-state index contributed by atoms with van der Waals surface area (Å²) >= 11 is 0. The first-order valence-electron chi connectivity index (χ1n) is 11.3. The number of aliphatic hydroxyl groups is 1. The summed E-state index contributed by atoms with van der Waals surface area (Å²) in [6, 6.07) is 7.57. The van der Waals surface area contributed by atoms with Crippen molar-refractivity contribution < 1.29 is 9.84 Å². The summed E-state index contributed by atoms with van der Waals surface area (Å²) < 4.78 is 5.72. The van der Waals surface area contributed by atoms with Crippen molar-refractivity contribution >= 4 is 5.82 Å². The van der Waals surface area contributed by atoms with E-state index < -0.39 is 6.23 Å². The SMILES string of the molecule is CCC(O)N(CC1(N2CCN(CC(C)C)CC2)CCOCC1)c1cccc(C#N)n1. The zero-order chi connectivity index (χ0) is 21.6. The number of ether oxygens (including phenoxy) is 1. The highest BCUT2D eigenvalue weighted by Gasteiger charge is 2.42. The van der Waals surface area contributed by atoms with E-state index in [4.69, 9.17) is 4.74 Å². The number of pyridine rings is 1. The fraction of sp³-hybridized carbons (Fsp3) is 0.739. The van der Waals surface area contributed by atoms with Gasteiger partial charge < -0.3 is 19.6 Å². The van der Waals surface area contributed by atoms with E-state index in [1.165, 1.54) is 0 Å². The third-order valence-electron chi connectivity index (χ3n) is 6.42. The van der Waals surface area contributed by atoms with Crippen molar-refractivity contribution in [3.63, 3.8) is 0 Å². The minimum Gasteiger partial charge on any atom is -0.381 e. The quantitative estimate of drug-likeness (QED) is 0.653. The molecule has 3 rings (SSSR count). The van der Waals surface area contributed by atoms with Crippen molar-refractivity contribution in [3.8, 4) is 6.07 Å². The van der Waals surface area contributed by atoms with E-state index in [0.717, 1.165) is 58.8 Å². The lowest BCUT2D eigenvalue weighted by Gasteiger charge is -2.52. The molecule has 2 aliphatic heterocycles. The van der Waals surface area contributed by atoms with Crippen LogP contribution in [0.2, 0.25) is 0 Å². The van der Waals surface area contributed by atoms with Crippen LogP contribution in [0, 0.1) is 17.2 Å². The number of hydrogen-bond acceptors (Lipinski definition) is 7. The Kier molecular flexibility index (Phi) is 8.06. The fourth-order valence-electron chi connectivity index (χ4n) is 4.77. The van der Waals surface area contributed by atoms with Gasteiger partial charge in [0.15, 0.2) is 0 Å². The molecule has 1 N–H and O–H groups in total. The molecule has 0 bridgehead atoms. The van der Waals surface area contributed by atoms with Gasteiger partial charge in [0.05, 0.1) is 0 Å². The van der Waals surface area contributed by atoms with Gasteiger partial charge in [0.25, 0.3) is 0 Å². The number of hydrogen-bond donors (Lipinski definition) is 1. The molecule has 1 aromatic heterocycles. The van der Waals surface area contributed by atoms with E-state index in [2.05, 4.69) is 34.7 Å². The Morgan fingerprint density at radius 1 is 1.23 bits per heavy atom. The molecule has 166 valence electrons. The molecular weight excluding hydrogens is 378 g/mol. The number of piperazine rings is 1. The second-order valence-electron chi connectivity index (χ2n) is 9.03. The topological polar surface area (TPSA) is 75.9 Å². The van der Waals surface area contributed by atoms with Crippen LogP contribution in [0.5, 0.6) is 0 Å². The number of aliphatic hydroxyl groups excluding tert-OH is 1. The van der Waals surface area contributed by atoms with Crippen molar-refractivity contribution in [1.82, 2.24) is 14.8 Å². The van der Waals surface area contributed by atoms with Crippen LogP contribution < -0.4 is 4.90 Å². The normalized spacial score (nSPS) is 21.3. The molecule has 7 nitrogen and oxygen atoms in total. The van der Waals surface area contributed by atoms with Gasteiger partial charge in [0, 0.05) is 58.0 Å². The molecule has 0 spiro atoms. The molecule has 2 fully saturated rings. The number of nitriles is 1. The van der Waals surface area contributed by atoms with Crippen molar-refractivity contribution in [1.29, 1.82) is 5.26 Å². The van der Waals surface area contributed by atoms with Crippen LogP contribution in [0.4, 0.5) is 5.82 Å². The van der Waals surface area contributed by atoms with E-state index in [1.807, 2.05) is 24.0 Å². The monoisotopic (exact) mass is 415 g/mol. The number of rotatable bonds is 8. The van der Waals surface area contributed by atoms with Gasteiger partial charge in [-0.15, -0.1) is 0 Å². The van der Waals surface area contributed by atoms with E-state index in [-0.39, 0.29) is 5.54 Å². The summed E-state index contributed by atoms with van der Waals surface area (Å²) in [5.41, 5.74) is 0.326. The Labute approximate surface area is 181 Å². The first kappa shape index (κ1) is 23.0. The molecule has 0 radical (unpaired) electrons. The smallest absolute Gasteiger partial charge is 0.142 e. The Hall–Kier alpha value is -1.72. The third-order valence-corrected chi connectivity index (χ3v) is 6.42. The molecule has 0 aromatic carbocycles. The lowest BCUT2D eigenvalue weighted by atomic mass is 9.86. The van der Waals surface area contributed by atoms with Gasteiger partial charge in [-0.25, -0.2) is 4.98 Å². The van der Waals surface area contributed by atoms with Crippen LogP contribution in [0.1, 0.15) is 45.7 Å². The maximum absolute atomic E-state index is 10.9. The second-order valence-corrected chi connectivity index (χ2v) is 9.03. The summed E-state index contributed by atoms with van der Waals surface area (Å²) in [6.45, 7) is 14.1. The van der Waals surface area contributed by atoms with Gasteiger partial charge in [0.1, 0.15) is 23.8 Å². The molecule has 0 aliphatic carbocycles. The third kappa shape index (κ3) is 5.50. The molecule has 1 unspecified atom stereocenters. The molecule has 0 amide bonds. The molecule has 1 atom stereocenters. The maximum atomic E-state index is 10.9. The lowest BCUT2D eigenvalue weighted by molar-refractivity contribution is -0.0478. The van der Waals surface area contributed by atoms with E-state index in [9.17, 15) is 10.4 Å². The first-order valence-corrected chi connectivity index (χ1v) is 11.3. The summed E-state index contributed by atoms with van der Waals surface area (Å²) in [6.07, 6.45) is 1.87. The fourth-order valence-corrected chi connectivity index (χ4v) is 4.77. The standard InChI is InChI=1S/C23H37N5O2/c1-4-22(29)28(21-7-5-6-20(16-24)25-21)18-23(8-14-30-15-9-23)27-12-10-26(11-13-27)17-19(2)3/h5-7,19,22,29H,4,8-15,17-18H2,1-3H3. The predicted molar refractivity (Wildman–Crippen MR) is 118 cm³/mol. The van der Waals surface area contributed by atoms with Crippen LogP contribution in [0.25, 0.3) is 0 Å². The summed E-state index contributed by atoms with van der Waals surface area (Å²) in [5, 5.41) is 20.1. The lowest BCUT2D eigenvalue weighted by Crippen LogP contribution is -2.64. The Balaban J connectivity index is 1.82. The molecule has 2 aliphatic rings. The summed E-state index contributed by atoms with van der Waals surface area (Å²) in [4.78, 5) is 11.7. The average molecular weight is 416 g/mol. The predicted octanol–water partition coefficient (Wildman–Crippen LogP) is 2.31. The number of anilines is 1. The Morgan fingerprint density at radius 2 is 1.93 bits per heavy atom. The largest absolute Gasteiger partial charge is 0.381 e. The molecule has 0 saturated carbocycles. The van der Waals surface area contributed by atoms with Gasteiger partial charge in [-0.2, -0.15) is 5.26 Å². The van der Waals surface area contributed by atoms with Gasteiger partial charge in [-0.1, -0.05) is 26.8 Å². The van der Waals surface area contributed by atoms with Gasteiger partial charge >= 0.3 is 0 Å². The van der Waals surface area contributed by atoms with Gasteiger partial charge in [-0.05, 0) is 37.3 Å². The zero-order valence-corrected chi connectivity index (χ0v) is 18.8. The van der Waals surface area contributed by atoms with E-state index in [1.54, 1.807) is 6.07 Å². The minimum absolute atomic E-state index is 0.0529. The second kappa shape index (κ2) is 10.5. The number of aromatic nitrogens is 1. The zero-order valence-electron chi connectivity index (χ0n) is 18.8. The van der Waals surface area contributed by atoms with Crippen LogP contribution in [0.15, 0.2) is 18.2 Å². The highest BCUT2D eigenvalue weighted by atomic mass is 16.5. The maximum Gasteiger partial charge on any atom is 0.142 e. The van der Waals surface area contributed by atoms with Crippen LogP contribution >= 0.6 is 0 Å². The summed E-state index contributed by atoms with van der Waals surface area (Å²) in [7, 11) is 0. The highest BCUT2D eigenvalue weighted by molar-refractivity contribution is 5.43. The minimum atomic E-state index is -0.631. The van der Waals surface area contributed by atoms with E-state index >= 15 is 0 Å². The summed E-state index contributed by atoms with van der Waals surface area (Å²) in [5.74, 6) is 1.36. The molecule has 1 aromatic rings. The van der Waals surface area contributed by atoms with E-state index in [0.29, 0.717) is 30.4 Å². The molecule has 2 saturated heterocycles. The van der Waals surface area contributed by atoms with Crippen LogP contribution in [-0.2, 0) is 4.74 Å². The van der Waals surface area contributed by atoms with Crippen LogP contribution in [0.3, 0.4) is 0 Å². The van der Waals surface area contributed by atoms with Gasteiger partial charge in [-0.3, -0.25) is 4.90 Å². The van der Waals surface area contributed by atoms with Crippen molar-refractivity contribution in [2.45, 2.75) is 51.8 Å². The molecule has 30 heavy (non-hydrogen) atoms. The highest BCUT2D eigenvalue weighted by Crippen LogP contribution is 2.32. The Morgan fingerprint density at radius 3 is 2.53 bits per heavy atom. The molecule has 3 heterocycles. The molecule has 7 heteroatoms.